The molecule has 1 aliphatic rings. The molecule has 1 saturated heterocycles. The summed E-state index contributed by atoms with van der Waals surface area (Å²) >= 11 is 0. The number of hydrogen-bond acceptors (Lipinski definition) is 1. The van der Waals surface area contributed by atoms with Crippen LogP contribution in [0, 0.1) is 0 Å². The Bertz CT molecular complexity index is 162. The molecule has 13 heavy (non-hydrogen) atoms. The normalized spacial score (nSPS) is 18.2. The SMILES string of the molecule is CCN(C)C(=O)N1CCCCCC1. The van der Waals surface area contributed by atoms with Crippen LogP contribution < -0.4 is 0 Å². The molecule has 3 nitrogen and oxygen atoms in total. The van der Waals surface area contributed by atoms with Gasteiger partial charge in [-0.15, -0.1) is 0 Å². The fourth-order valence-corrected chi connectivity index (χ4v) is 1.64. The number of hydrogen-bond donors (Lipinski definition) is 0. The molecular formula is C10H20N2O. The molecule has 3 heteroatoms. The number of nitrogens with zero attached hydrogens (tertiary/aromatic N) is 2. The molecule has 0 aromatic carbocycles. The second-order valence-electron chi connectivity index (χ2n) is 3.70. The zero-order valence-electron chi connectivity index (χ0n) is 8.75. The van der Waals surface area contributed by atoms with Crippen LogP contribution in [0.5, 0.6) is 0 Å². The van der Waals surface area contributed by atoms with Crippen molar-refractivity contribution < 1.29 is 4.79 Å². The summed E-state index contributed by atoms with van der Waals surface area (Å²) in [7, 11) is 1.87. The van der Waals surface area contributed by atoms with Crippen molar-refractivity contribution in [1.29, 1.82) is 0 Å². The van der Waals surface area contributed by atoms with E-state index in [1.54, 1.807) is 4.90 Å². The van der Waals surface area contributed by atoms with Crippen LogP contribution in [0.15, 0.2) is 0 Å². The summed E-state index contributed by atoms with van der Waals surface area (Å²) in [4.78, 5) is 15.5. The minimum absolute atomic E-state index is 0.199. The zero-order valence-corrected chi connectivity index (χ0v) is 8.75. The van der Waals surface area contributed by atoms with Gasteiger partial charge in [-0.3, -0.25) is 0 Å². The molecule has 0 N–H and O–H groups in total. The van der Waals surface area contributed by atoms with Crippen molar-refractivity contribution in [3.63, 3.8) is 0 Å². The first-order chi connectivity index (χ1) is 6.25. The summed E-state index contributed by atoms with van der Waals surface area (Å²) in [6.45, 7) is 4.71. The lowest BCUT2D eigenvalue weighted by Crippen LogP contribution is -2.41. The molecule has 76 valence electrons. The maximum absolute atomic E-state index is 11.7. The fraction of sp³-hybridized carbons (Fsp3) is 0.900. The van der Waals surface area contributed by atoms with Gasteiger partial charge in [-0.25, -0.2) is 4.79 Å². The molecule has 0 aromatic heterocycles. The zero-order chi connectivity index (χ0) is 9.68. The Balaban J connectivity index is 2.43. The molecule has 2 amide bonds. The lowest BCUT2D eigenvalue weighted by Gasteiger charge is -2.26. The molecule has 1 fully saturated rings. The van der Waals surface area contributed by atoms with Crippen LogP contribution in [0.3, 0.4) is 0 Å². The Hall–Kier alpha value is -0.730. The molecular weight excluding hydrogens is 164 g/mol. The number of amides is 2. The molecule has 0 aliphatic carbocycles. The van der Waals surface area contributed by atoms with Crippen LogP contribution in [0.1, 0.15) is 32.6 Å². The number of urea groups is 1. The number of carbonyl (C=O) groups is 1. The van der Waals surface area contributed by atoms with E-state index in [4.69, 9.17) is 0 Å². The highest BCUT2D eigenvalue weighted by Gasteiger charge is 2.17. The number of carbonyl (C=O) groups excluding carboxylic acids is 1. The van der Waals surface area contributed by atoms with Crippen LogP contribution in [-0.4, -0.2) is 42.5 Å². The van der Waals surface area contributed by atoms with Gasteiger partial charge in [0.15, 0.2) is 0 Å². The second-order valence-corrected chi connectivity index (χ2v) is 3.70. The van der Waals surface area contributed by atoms with Crippen LogP contribution in [-0.2, 0) is 0 Å². The lowest BCUT2D eigenvalue weighted by molar-refractivity contribution is 0.166. The van der Waals surface area contributed by atoms with E-state index in [0.29, 0.717) is 0 Å². The predicted octanol–water partition coefficient (Wildman–Crippen LogP) is 1.93. The number of rotatable bonds is 1. The average molecular weight is 184 g/mol. The predicted molar refractivity (Wildman–Crippen MR) is 53.7 cm³/mol. The third kappa shape index (κ3) is 2.90. The average Bonchev–Trinajstić information content (AvgIpc) is 2.43. The van der Waals surface area contributed by atoms with Crippen molar-refractivity contribution in [2.45, 2.75) is 32.6 Å². The van der Waals surface area contributed by atoms with Gasteiger partial charge in [0.1, 0.15) is 0 Å². The lowest BCUT2D eigenvalue weighted by atomic mass is 10.2. The number of likely N-dealkylation sites (tertiary alicyclic amines) is 1. The van der Waals surface area contributed by atoms with E-state index in [0.717, 1.165) is 19.6 Å². The van der Waals surface area contributed by atoms with Crippen molar-refractivity contribution in [1.82, 2.24) is 9.80 Å². The van der Waals surface area contributed by atoms with Gasteiger partial charge in [0.25, 0.3) is 0 Å². The Morgan fingerprint density at radius 1 is 1.23 bits per heavy atom. The first-order valence-corrected chi connectivity index (χ1v) is 5.25. The molecule has 0 aromatic rings. The molecule has 0 radical (unpaired) electrons. The van der Waals surface area contributed by atoms with E-state index in [2.05, 4.69) is 0 Å². The largest absolute Gasteiger partial charge is 0.328 e. The van der Waals surface area contributed by atoms with Gasteiger partial charge in [-0.2, -0.15) is 0 Å². The van der Waals surface area contributed by atoms with E-state index >= 15 is 0 Å². The minimum atomic E-state index is 0.199. The van der Waals surface area contributed by atoms with Crippen LogP contribution in [0.25, 0.3) is 0 Å². The maximum Gasteiger partial charge on any atom is 0.319 e. The summed E-state index contributed by atoms with van der Waals surface area (Å²) in [5.41, 5.74) is 0. The molecule has 1 aliphatic heterocycles. The quantitative estimate of drug-likeness (QED) is 0.611. The Kier molecular flexibility index (Phi) is 4.06. The molecule has 0 unspecified atom stereocenters. The van der Waals surface area contributed by atoms with Gasteiger partial charge in [-0.05, 0) is 19.8 Å². The molecule has 0 atom stereocenters. The monoisotopic (exact) mass is 184 g/mol. The summed E-state index contributed by atoms with van der Waals surface area (Å²) in [5.74, 6) is 0. The highest BCUT2D eigenvalue weighted by molar-refractivity contribution is 5.74. The van der Waals surface area contributed by atoms with Crippen molar-refractivity contribution in [2.75, 3.05) is 26.7 Å². The second kappa shape index (κ2) is 5.10. The van der Waals surface area contributed by atoms with E-state index in [1.165, 1.54) is 25.7 Å². The Morgan fingerprint density at radius 2 is 1.77 bits per heavy atom. The third-order valence-corrected chi connectivity index (χ3v) is 2.68. The van der Waals surface area contributed by atoms with Crippen molar-refractivity contribution >= 4 is 6.03 Å². The Labute approximate surface area is 80.7 Å². The van der Waals surface area contributed by atoms with Gasteiger partial charge in [0, 0.05) is 26.7 Å². The topological polar surface area (TPSA) is 23.6 Å². The summed E-state index contributed by atoms with van der Waals surface area (Å²) < 4.78 is 0. The first-order valence-electron chi connectivity index (χ1n) is 5.25. The smallest absolute Gasteiger partial charge is 0.319 e. The van der Waals surface area contributed by atoms with Gasteiger partial charge in [0.2, 0.25) is 0 Å². The van der Waals surface area contributed by atoms with Gasteiger partial charge < -0.3 is 9.80 Å². The summed E-state index contributed by atoms with van der Waals surface area (Å²) in [5, 5.41) is 0. The van der Waals surface area contributed by atoms with E-state index in [1.807, 2.05) is 18.9 Å². The van der Waals surface area contributed by atoms with Crippen molar-refractivity contribution in [2.24, 2.45) is 0 Å². The molecule has 1 heterocycles. The van der Waals surface area contributed by atoms with Crippen LogP contribution in [0.2, 0.25) is 0 Å². The summed E-state index contributed by atoms with van der Waals surface area (Å²) in [6.07, 6.45) is 4.89. The molecule has 0 bridgehead atoms. The maximum atomic E-state index is 11.7. The highest BCUT2D eigenvalue weighted by Crippen LogP contribution is 2.10. The molecule has 0 saturated carbocycles. The van der Waals surface area contributed by atoms with Crippen molar-refractivity contribution in [3.05, 3.63) is 0 Å². The van der Waals surface area contributed by atoms with E-state index in [-0.39, 0.29) is 6.03 Å². The van der Waals surface area contributed by atoms with Gasteiger partial charge >= 0.3 is 6.03 Å². The Morgan fingerprint density at radius 3 is 2.23 bits per heavy atom. The van der Waals surface area contributed by atoms with Crippen LogP contribution >= 0.6 is 0 Å². The fourth-order valence-electron chi connectivity index (χ4n) is 1.64. The van der Waals surface area contributed by atoms with Crippen LogP contribution in [0.4, 0.5) is 4.79 Å². The van der Waals surface area contributed by atoms with E-state index < -0.39 is 0 Å². The molecule has 0 spiro atoms. The molecule has 1 rings (SSSR count). The van der Waals surface area contributed by atoms with Gasteiger partial charge in [0.05, 0.1) is 0 Å². The minimum Gasteiger partial charge on any atom is -0.328 e. The highest BCUT2D eigenvalue weighted by atomic mass is 16.2. The van der Waals surface area contributed by atoms with Gasteiger partial charge in [-0.1, -0.05) is 12.8 Å². The van der Waals surface area contributed by atoms with E-state index in [9.17, 15) is 4.79 Å². The summed E-state index contributed by atoms with van der Waals surface area (Å²) in [6, 6.07) is 0.199. The third-order valence-electron chi connectivity index (χ3n) is 2.68. The van der Waals surface area contributed by atoms with Crippen molar-refractivity contribution in [3.8, 4) is 0 Å². The first kappa shape index (κ1) is 10.4. The standard InChI is InChI=1S/C10H20N2O/c1-3-11(2)10(13)12-8-6-4-5-7-9-12/h3-9H2,1-2H3.